The van der Waals surface area contributed by atoms with Crippen LogP contribution in [0, 0.1) is 5.92 Å². The first-order chi connectivity index (χ1) is 10.0. The van der Waals surface area contributed by atoms with Crippen molar-refractivity contribution in [2.75, 3.05) is 6.26 Å². The number of carbonyl (C=O) groups is 2. The Hall–Kier alpha value is -0.710. The first-order valence-corrected chi connectivity index (χ1v) is 9.45. The Balaban J connectivity index is 2.29. The zero-order valence-electron chi connectivity index (χ0n) is 13.6. The SMILES string of the molecule is CCCC1NC(=O)C(C(C)C)N(C2CCCC2SC)C1=O. The van der Waals surface area contributed by atoms with Gasteiger partial charge >= 0.3 is 0 Å². The van der Waals surface area contributed by atoms with E-state index in [1.54, 1.807) is 0 Å². The van der Waals surface area contributed by atoms with Crippen LogP contribution in [-0.2, 0) is 9.59 Å². The normalized spacial score (nSPS) is 33.7. The van der Waals surface area contributed by atoms with Gasteiger partial charge in [-0.1, -0.05) is 33.6 Å². The number of amides is 2. The van der Waals surface area contributed by atoms with Crippen molar-refractivity contribution >= 4 is 23.6 Å². The molecule has 120 valence electrons. The van der Waals surface area contributed by atoms with Crippen LogP contribution in [0.3, 0.4) is 0 Å². The van der Waals surface area contributed by atoms with Gasteiger partial charge in [-0.2, -0.15) is 11.8 Å². The topological polar surface area (TPSA) is 49.4 Å². The molecule has 2 amide bonds. The van der Waals surface area contributed by atoms with Gasteiger partial charge in [0, 0.05) is 11.3 Å². The lowest BCUT2D eigenvalue weighted by atomic mass is 9.93. The summed E-state index contributed by atoms with van der Waals surface area (Å²) in [5.74, 6) is 0.329. The number of nitrogens with one attached hydrogen (secondary N) is 1. The molecule has 4 nitrogen and oxygen atoms in total. The molecule has 0 radical (unpaired) electrons. The summed E-state index contributed by atoms with van der Waals surface area (Å²) in [7, 11) is 0. The molecule has 2 fully saturated rings. The van der Waals surface area contributed by atoms with Gasteiger partial charge in [-0.3, -0.25) is 9.59 Å². The largest absolute Gasteiger partial charge is 0.342 e. The molecule has 4 unspecified atom stereocenters. The third-order valence-corrected chi connectivity index (χ3v) is 5.88. The minimum Gasteiger partial charge on any atom is -0.342 e. The van der Waals surface area contributed by atoms with E-state index in [-0.39, 0.29) is 35.9 Å². The predicted octanol–water partition coefficient (Wildman–Crippen LogP) is 2.42. The van der Waals surface area contributed by atoms with Gasteiger partial charge in [0.1, 0.15) is 12.1 Å². The molecule has 0 aromatic rings. The molecule has 4 atom stereocenters. The molecule has 1 saturated carbocycles. The predicted molar refractivity (Wildman–Crippen MR) is 87.3 cm³/mol. The minimum atomic E-state index is -0.319. The number of piperazine rings is 1. The van der Waals surface area contributed by atoms with Gasteiger partial charge in [0.2, 0.25) is 11.8 Å². The fourth-order valence-corrected chi connectivity index (χ4v) is 4.72. The number of carbonyl (C=O) groups excluding carboxylic acids is 2. The average Bonchev–Trinajstić information content (AvgIpc) is 2.89. The summed E-state index contributed by atoms with van der Waals surface area (Å²) < 4.78 is 0. The highest BCUT2D eigenvalue weighted by molar-refractivity contribution is 7.99. The molecule has 1 N–H and O–H groups in total. The number of rotatable bonds is 5. The van der Waals surface area contributed by atoms with Crippen LogP contribution in [0.5, 0.6) is 0 Å². The first kappa shape index (κ1) is 16.7. The molecule has 1 heterocycles. The molecule has 1 aliphatic carbocycles. The van der Waals surface area contributed by atoms with E-state index in [0.29, 0.717) is 5.25 Å². The molecule has 0 aromatic carbocycles. The zero-order chi connectivity index (χ0) is 15.6. The highest BCUT2D eigenvalue weighted by Crippen LogP contribution is 2.36. The van der Waals surface area contributed by atoms with E-state index < -0.39 is 0 Å². The van der Waals surface area contributed by atoms with Gasteiger partial charge in [-0.15, -0.1) is 0 Å². The summed E-state index contributed by atoms with van der Waals surface area (Å²) in [4.78, 5) is 27.4. The van der Waals surface area contributed by atoms with Crippen LogP contribution in [-0.4, -0.2) is 46.3 Å². The molecule has 0 spiro atoms. The summed E-state index contributed by atoms with van der Waals surface area (Å²) in [6.07, 6.45) is 7.11. The van der Waals surface area contributed by atoms with Gasteiger partial charge in [0.05, 0.1) is 0 Å². The van der Waals surface area contributed by atoms with E-state index in [4.69, 9.17) is 0 Å². The third-order valence-electron chi connectivity index (χ3n) is 4.72. The maximum atomic E-state index is 12.9. The molecule has 21 heavy (non-hydrogen) atoms. The smallest absolute Gasteiger partial charge is 0.246 e. The van der Waals surface area contributed by atoms with E-state index in [1.807, 2.05) is 30.5 Å². The van der Waals surface area contributed by atoms with Crippen molar-refractivity contribution in [2.24, 2.45) is 5.92 Å². The van der Waals surface area contributed by atoms with Gasteiger partial charge < -0.3 is 10.2 Å². The fourth-order valence-electron chi connectivity index (χ4n) is 3.74. The molecule has 2 rings (SSSR count). The lowest BCUT2D eigenvalue weighted by Crippen LogP contribution is -2.67. The number of nitrogens with zero attached hydrogens (tertiary/aromatic N) is 1. The van der Waals surface area contributed by atoms with E-state index in [2.05, 4.69) is 18.5 Å². The van der Waals surface area contributed by atoms with Crippen LogP contribution in [0.1, 0.15) is 52.9 Å². The van der Waals surface area contributed by atoms with E-state index in [9.17, 15) is 9.59 Å². The summed E-state index contributed by atoms with van der Waals surface area (Å²) >= 11 is 1.84. The van der Waals surface area contributed by atoms with Gasteiger partial charge in [0.25, 0.3) is 0 Å². The second-order valence-electron chi connectivity index (χ2n) is 6.56. The molecule has 1 aliphatic heterocycles. The van der Waals surface area contributed by atoms with Crippen molar-refractivity contribution in [1.82, 2.24) is 10.2 Å². The second-order valence-corrected chi connectivity index (χ2v) is 7.63. The number of thioether (sulfide) groups is 1. The highest BCUT2D eigenvalue weighted by Gasteiger charge is 2.47. The van der Waals surface area contributed by atoms with Crippen molar-refractivity contribution in [3.05, 3.63) is 0 Å². The summed E-state index contributed by atoms with van der Waals surface area (Å²) in [6, 6.07) is -0.394. The van der Waals surface area contributed by atoms with Crippen molar-refractivity contribution in [2.45, 2.75) is 76.3 Å². The Morgan fingerprint density at radius 2 is 2.05 bits per heavy atom. The third kappa shape index (κ3) is 3.22. The van der Waals surface area contributed by atoms with E-state index in [0.717, 1.165) is 32.1 Å². The summed E-state index contributed by atoms with van der Waals surface area (Å²) in [6.45, 7) is 6.13. The zero-order valence-corrected chi connectivity index (χ0v) is 14.4. The quantitative estimate of drug-likeness (QED) is 0.848. The Morgan fingerprint density at radius 1 is 1.33 bits per heavy atom. The van der Waals surface area contributed by atoms with Gasteiger partial charge in [-0.25, -0.2) is 0 Å². The van der Waals surface area contributed by atoms with Crippen LogP contribution in [0.25, 0.3) is 0 Å². The highest BCUT2D eigenvalue weighted by atomic mass is 32.2. The molecule has 0 aromatic heterocycles. The van der Waals surface area contributed by atoms with Gasteiger partial charge in [-0.05, 0) is 31.4 Å². The van der Waals surface area contributed by atoms with Crippen molar-refractivity contribution in [3.63, 3.8) is 0 Å². The van der Waals surface area contributed by atoms with E-state index >= 15 is 0 Å². The average molecular weight is 312 g/mol. The van der Waals surface area contributed by atoms with Gasteiger partial charge in [0.15, 0.2) is 0 Å². The molecular weight excluding hydrogens is 284 g/mol. The monoisotopic (exact) mass is 312 g/mol. The Bertz CT molecular complexity index is 400. The van der Waals surface area contributed by atoms with E-state index in [1.165, 1.54) is 0 Å². The second kappa shape index (κ2) is 7.03. The summed E-state index contributed by atoms with van der Waals surface area (Å²) in [5, 5.41) is 3.42. The maximum Gasteiger partial charge on any atom is 0.246 e. The molecule has 2 aliphatic rings. The lowest BCUT2D eigenvalue weighted by molar-refractivity contribution is -0.154. The van der Waals surface area contributed by atoms with Crippen molar-refractivity contribution in [1.29, 1.82) is 0 Å². The molecular formula is C16H28N2O2S. The van der Waals surface area contributed by atoms with Crippen LogP contribution >= 0.6 is 11.8 Å². The van der Waals surface area contributed by atoms with Crippen LogP contribution < -0.4 is 5.32 Å². The number of hydrogen-bond donors (Lipinski definition) is 1. The lowest BCUT2D eigenvalue weighted by Gasteiger charge is -2.45. The first-order valence-electron chi connectivity index (χ1n) is 8.16. The number of hydrogen-bond acceptors (Lipinski definition) is 3. The Labute approximate surface area is 132 Å². The van der Waals surface area contributed by atoms with Crippen LogP contribution in [0.2, 0.25) is 0 Å². The van der Waals surface area contributed by atoms with Crippen LogP contribution in [0.4, 0.5) is 0 Å². The standard InChI is InChI=1S/C16H28N2O2S/c1-5-7-11-16(20)18(12-8-6-9-13(12)21-4)14(10(2)3)15(19)17-11/h10-14H,5-9H2,1-4H3,(H,17,19). The maximum absolute atomic E-state index is 12.9. The molecule has 1 saturated heterocycles. The summed E-state index contributed by atoms with van der Waals surface area (Å²) in [5.41, 5.74) is 0. The Morgan fingerprint density at radius 3 is 2.62 bits per heavy atom. The minimum absolute atomic E-state index is 0.0369. The molecule has 0 bridgehead atoms. The van der Waals surface area contributed by atoms with Crippen LogP contribution in [0.15, 0.2) is 0 Å². The fraction of sp³-hybridized carbons (Fsp3) is 0.875. The molecule has 5 heteroatoms. The Kier molecular flexibility index (Phi) is 5.58. The van der Waals surface area contributed by atoms with Crippen molar-refractivity contribution < 1.29 is 9.59 Å². The van der Waals surface area contributed by atoms with Crippen molar-refractivity contribution in [3.8, 4) is 0 Å².